The van der Waals surface area contributed by atoms with Crippen LogP contribution in [0, 0.1) is 0 Å². The number of pyridine rings is 1. The Kier molecular flexibility index (Phi) is 5.95. The van der Waals surface area contributed by atoms with Gasteiger partial charge in [-0.3, -0.25) is 4.79 Å². The van der Waals surface area contributed by atoms with Crippen molar-refractivity contribution in [2.24, 2.45) is 0 Å². The molecule has 0 aliphatic carbocycles. The van der Waals surface area contributed by atoms with Gasteiger partial charge >= 0.3 is 0 Å². The Morgan fingerprint density at radius 3 is 2.57 bits per heavy atom. The highest BCUT2D eigenvalue weighted by Crippen LogP contribution is 2.17. The summed E-state index contributed by atoms with van der Waals surface area (Å²) in [7, 11) is 3.07. The topological polar surface area (TPSA) is 63.7 Å². The van der Waals surface area contributed by atoms with Crippen LogP contribution in [0.4, 0.5) is 5.82 Å². The minimum atomic E-state index is -0.436. The maximum atomic E-state index is 12.0. The van der Waals surface area contributed by atoms with E-state index in [1.54, 1.807) is 12.3 Å². The summed E-state index contributed by atoms with van der Waals surface area (Å²) < 4.78 is 10.0. The van der Waals surface area contributed by atoms with E-state index in [1.165, 1.54) is 33.5 Å². The first-order chi connectivity index (χ1) is 10.2. The second-order valence-electron chi connectivity index (χ2n) is 5.06. The number of piperidine rings is 1. The van der Waals surface area contributed by atoms with Crippen LogP contribution in [0.3, 0.4) is 0 Å². The van der Waals surface area contributed by atoms with E-state index >= 15 is 0 Å². The molecule has 6 heteroatoms. The third-order valence-corrected chi connectivity index (χ3v) is 3.65. The Morgan fingerprint density at radius 1 is 1.29 bits per heavy atom. The molecule has 1 aliphatic rings. The highest BCUT2D eigenvalue weighted by molar-refractivity contribution is 5.94. The number of amides is 1. The lowest BCUT2D eigenvalue weighted by Crippen LogP contribution is -2.34. The molecule has 1 aromatic rings. The summed E-state index contributed by atoms with van der Waals surface area (Å²) >= 11 is 0. The summed E-state index contributed by atoms with van der Waals surface area (Å²) in [6.07, 6.45) is 4.89. The number of hydrogen-bond acceptors (Lipinski definition) is 5. The van der Waals surface area contributed by atoms with Crippen LogP contribution < -0.4 is 10.2 Å². The number of rotatable bonds is 6. The van der Waals surface area contributed by atoms with Crippen LogP contribution in [-0.4, -0.2) is 51.0 Å². The second-order valence-corrected chi connectivity index (χ2v) is 5.06. The van der Waals surface area contributed by atoms with Crippen LogP contribution in [0.2, 0.25) is 0 Å². The zero-order valence-corrected chi connectivity index (χ0v) is 12.7. The van der Waals surface area contributed by atoms with Crippen molar-refractivity contribution in [3.63, 3.8) is 0 Å². The van der Waals surface area contributed by atoms with Crippen molar-refractivity contribution >= 4 is 11.7 Å². The maximum absolute atomic E-state index is 12.0. The minimum Gasteiger partial charge on any atom is -0.357 e. The number of anilines is 1. The highest BCUT2D eigenvalue weighted by atomic mass is 16.7. The van der Waals surface area contributed by atoms with Crippen LogP contribution >= 0.6 is 0 Å². The second kappa shape index (κ2) is 7.95. The quantitative estimate of drug-likeness (QED) is 0.804. The molecule has 0 aromatic carbocycles. The van der Waals surface area contributed by atoms with E-state index in [9.17, 15) is 4.79 Å². The number of methoxy groups -OCH3 is 2. The molecule has 2 heterocycles. The monoisotopic (exact) mass is 293 g/mol. The zero-order valence-electron chi connectivity index (χ0n) is 12.7. The van der Waals surface area contributed by atoms with Gasteiger partial charge in [0.2, 0.25) is 0 Å². The molecule has 0 atom stereocenters. The van der Waals surface area contributed by atoms with Gasteiger partial charge in [0.05, 0.1) is 12.1 Å². The smallest absolute Gasteiger partial charge is 0.253 e. The largest absolute Gasteiger partial charge is 0.357 e. The third-order valence-electron chi connectivity index (χ3n) is 3.65. The first kappa shape index (κ1) is 15.7. The lowest BCUT2D eigenvalue weighted by molar-refractivity contribution is -0.0974. The average Bonchev–Trinajstić information content (AvgIpc) is 2.56. The fourth-order valence-corrected chi connectivity index (χ4v) is 2.37. The van der Waals surface area contributed by atoms with E-state index in [4.69, 9.17) is 9.47 Å². The predicted octanol–water partition coefficient (Wildman–Crippen LogP) is 1.42. The van der Waals surface area contributed by atoms with Gasteiger partial charge in [0, 0.05) is 33.5 Å². The fourth-order valence-electron chi connectivity index (χ4n) is 2.37. The molecule has 1 aliphatic heterocycles. The molecule has 1 amide bonds. The lowest BCUT2D eigenvalue weighted by Gasteiger charge is -2.27. The third kappa shape index (κ3) is 4.41. The van der Waals surface area contributed by atoms with Crippen molar-refractivity contribution in [2.75, 3.05) is 38.8 Å². The van der Waals surface area contributed by atoms with Crippen molar-refractivity contribution in [2.45, 2.75) is 25.6 Å². The summed E-state index contributed by atoms with van der Waals surface area (Å²) in [5.41, 5.74) is 0.543. The molecule has 0 spiro atoms. The molecule has 1 saturated heterocycles. The molecule has 1 aromatic heterocycles. The fraction of sp³-hybridized carbons (Fsp3) is 0.600. The van der Waals surface area contributed by atoms with Gasteiger partial charge in [-0.15, -0.1) is 0 Å². The lowest BCUT2D eigenvalue weighted by atomic mass is 10.1. The van der Waals surface area contributed by atoms with Gasteiger partial charge in [0.15, 0.2) is 6.29 Å². The molecule has 21 heavy (non-hydrogen) atoms. The van der Waals surface area contributed by atoms with Crippen LogP contribution in [0.15, 0.2) is 18.3 Å². The molecule has 1 N–H and O–H groups in total. The SMILES string of the molecule is COC(CNC(=O)c1ccc(N2CCCCC2)nc1)OC. The van der Waals surface area contributed by atoms with Crippen molar-refractivity contribution in [1.29, 1.82) is 0 Å². The molecule has 0 unspecified atom stereocenters. The minimum absolute atomic E-state index is 0.174. The van der Waals surface area contributed by atoms with Crippen molar-refractivity contribution in [3.8, 4) is 0 Å². The zero-order chi connectivity index (χ0) is 15.1. The van der Waals surface area contributed by atoms with Crippen molar-refractivity contribution in [1.82, 2.24) is 10.3 Å². The van der Waals surface area contributed by atoms with Crippen molar-refractivity contribution < 1.29 is 14.3 Å². The highest BCUT2D eigenvalue weighted by Gasteiger charge is 2.14. The summed E-state index contributed by atoms with van der Waals surface area (Å²) in [4.78, 5) is 18.6. The van der Waals surface area contributed by atoms with Crippen LogP contribution in [0.25, 0.3) is 0 Å². The number of aromatic nitrogens is 1. The van der Waals surface area contributed by atoms with Crippen molar-refractivity contribution in [3.05, 3.63) is 23.9 Å². The molecule has 6 nitrogen and oxygen atoms in total. The first-order valence-corrected chi connectivity index (χ1v) is 7.29. The predicted molar refractivity (Wildman–Crippen MR) is 80.4 cm³/mol. The van der Waals surface area contributed by atoms with Crippen LogP contribution in [-0.2, 0) is 9.47 Å². The first-order valence-electron chi connectivity index (χ1n) is 7.29. The molecule has 0 bridgehead atoms. The standard InChI is InChI=1S/C15H23N3O3/c1-20-14(21-2)11-17-15(19)12-6-7-13(16-10-12)18-8-4-3-5-9-18/h6-7,10,14H,3-5,8-9,11H2,1-2H3,(H,17,19). The van der Waals surface area contributed by atoms with E-state index in [-0.39, 0.29) is 5.91 Å². The summed E-state index contributed by atoms with van der Waals surface area (Å²) in [5, 5.41) is 2.76. The van der Waals surface area contributed by atoms with Gasteiger partial charge in [-0.2, -0.15) is 0 Å². The van der Waals surface area contributed by atoms with Gasteiger partial charge in [0.25, 0.3) is 5.91 Å². The Labute approximate surface area is 125 Å². The Bertz CT molecular complexity index is 440. The normalized spacial score (nSPS) is 15.3. The van der Waals surface area contributed by atoms with Gasteiger partial charge in [-0.05, 0) is 31.4 Å². The molecular weight excluding hydrogens is 270 g/mol. The number of carbonyl (C=O) groups is 1. The molecule has 0 saturated carbocycles. The van der Waals surface area contributed by atoms with E-state index in [2.05, 4.69) is 15.2 Å². The Morgan fingerprint density at radius 2 is 2.00 bits per heavy atom. The Hall–Kier alpha value is -1.66. The summed E-state index contributed by atoms with van der Waals surface area (Å²) in [6.45, 7) is 2.39. The molecular formula is C15H23N3O3. The maximum Gasteiger partial charge on any atom is 0.253 e. The number of ether oxygens (including phenoxy) is 2. The number of hydrogen-bond donors (Lipinski definition) is 1. The number of carbonyl (C=O) groups excluding carboxylic acids is 1. The van der Waals surface area contributed by atoms with E-state index in [0.29, 0.717) is 12.1 Å². The van der Waals surface area contributed by atoms with Gasteiger partial charge in [0.1, 0.15) is 5.82 Å². The summed E-state index contributed by atoms with van der Waals surface area (Å²) in [6, 6.07) is 3.71. The number of nitrogens with zero attached hydrogens (tertiary/aromatic N) is 2. The Balaban J connectivity index is 1.90. The van der Waals surface area contributed by atoms with E-state index in [1.807, 2.05) is 6.07 Å². The van der Waals surface area contributed by atoms with Crippen LogP contribution in [0.5, 0.6) is 0 Å². The number of nitrogens with one attached hydrogen (secondary N) is 1. The summed E-state index contributed by atoms with van der Waals surface area (Å²) in [5.74, 6) is 0.768. The van der Waals surface area contributed by atoms with Gasteiger partial charge < -0.3 is 19.7 Å². The molecule has 116 valence electrons. The molecule has 0 radical (unpaired) electrons. The van der Waals surface area contributed by atoms with Gasteiger partial charge in [-0.1, -0.05) is 0 Å². The van der Waals surface area contributed by atoms with Gasteiger partial charge in [-0.25, -0.2) is 4.98 Å². The molecule has 2 rings (SSSR count). The van der Waals surface area contributed by atoms with Crippen LogP contribution in [0.1, 0.15) is 29.6 Å². The average molecular weight is 293 g/mol. The van der Waals surface area contributed by atoms with E-state index < -0.39 is 6.29 Å². The van der Waals surface area contributed by atoms with E-state index in [0.717, 1.165) is 18.9 Å². The molecule has 1 fully saturated rings.